The quantitative estimate of drug-likeness (QED) is 0.172. The highest BCUT2D eigenvalue weighted by molar-refractivity contribution is 7.15. The molecule has 3 aromatic carbocycles. The molecule has 0 atom stereocenters. The van der Waals surface area contributed by atoms with Crippen molar-refractivity contribution in [1.82, 2.24) is 0 Å². The van der Waals surface area contributed by atoms with Crippen LogP contribution in [0.4, 0.5) is 0 Å². The molecule has 0 saturated carbocycles. The number of rotatable bonds is 6. The lowest BCUT2D eigenvalue weighted by molar-refractivity contribution is 0.0817. The Labute approximate surface area is 220 Å². The van der Waals surface area contributed by atoms with Gasteiger partial charge in [0, 0.05) is 31.8 Å². The molecular weight excluding hydrogens is 476 g/mol. The molecule has 0 N–H and O–H groups in total. The fourth-order valence-electron chi connectivity index (χ4n) is 5.42. The molecule has 0 saturated heterocycles. The highest BCUT2D eigenvalue weighted by Gasteiger charge is 2.25. The zero-order valence-corrected chi connectivity index (χ0v) is 21.7. The monoisotopic (exact) mass is 502 g/mol. The first-order chi connectivity index (χ1) is 18.0. The number of fused-ring (bicyclic) bond motifs is 1. The lowest BCUT2D eigenvalue weighted by Gasteiger charge is -2.08. The molecule has 182 valence electrons. The Balaban J connectivity index is 1.32. The summed E-state index contributed by atoms with van der Waals surface area (Å²) in [4.78, 5) is 27.8. The minimum Gasteiger partial charge on any atom is -0.461 e. The van der Waals surface area contributed by atoms with Crippen LogP contribution >= 0.6 is 11.3 Å². The molecule has 3 nitrogen and oxygen atoms in total. The van der Waals surface area contributed by atoms with E-state index in [2.05, 4.69) is 32.0 Å². The Morgan fingerprint density at radius 1 is 0.757 bits per heavy atom. The molecule has 0 spiro atoms. The SMILES string of the molecule is Cc1oc2ccccc2c1C1=C(c2cc(-c3ccc(C(=O)C(=O)c4ccccc4)cc3)sc2C)CCC1. The van der Waals surface area contributed by atoms with Crippen molar-refractivity contribution < 1.29 is 14.0 Å². The van der Waals surface area contributed by atoms with Crippen molar-refractivity contribution >= 4 is 45.0 Å². The van der Waals surface area contributed by atoms with Crippen molar-refractivity contribution in [1.29, 1.82) is 0 Å². The third kappa shape index (κ3) is 4.17. The maximum atomic E-state index is 12.7. The van der Waals surface area contributed by atoms with Crippen LogP contribution in [-0.2, 0) is 0 Å². The van der Waals surface area contributed by atoms with E-state index in [1.54, 1.807) is 47.7 Å². The van der Waals surface area contributed by atoms with Gasteiger partial charge in [-0.15, -0.1) is 11.3 Å². The van der Waals surface area contributed by atoms with E-state index >= 15 is 0 Å². The number of thiophene rings is 1. The van der Waals surface area contributed by atoms with Crippen molar-refractivity contribution in [3.63, 3.8) is 0 Å². The average Bonchev–Trinajstić information content (AvgIpc) is 3.64. The van der Waals surface area contributed by atoms with Crippen molar-refractivity contribution in [2.24, 2.45) is 0 Å². The smallest absolute Gasteiger partial charge is 0.233 e. The maximum absolute atomic E-state index is 12.7. The van der Waals surface area contributed by atoms with Gasteiger partial charge in [0.05, 0.1) is 0 Å². The Morgan fingerprint density at radius 3 is 2.16 bits per heavy atom. The number of carbonyl (C=O) groups excluding carboxylic acids is 2. The largest absolute Gasteiger partial charge is 0.461 e. The summed E-state index contributed by atoms with van der Waals surface area (Å²) < 4.78 is 6.09. The normalized spacial score (nSPS) is 13.5. The van der Waals surface area contributed by atoms with Crippen molar-refractivity contribution in [2.45, 2.75) is 33.1 Å². The predicted octanol–water partition coefficient (Wildman–Crippen LogP) is 8.94. The third-order valence-electron chi connectivity index (χ3n) is 7.21. The van der Waals surface area contributed by atoms with Crippen LogP contribution in [0.25, 0.3) is 32.6 Å². The summed E-state index contributed by atoms with van der Waals surface area (Å²) in [6.45, 7) is 4.25. The Kier molecular flexibility index (Phi) is 5.97. The van der Waals surface area contributed by atoms with Gasteiger partial charge in [0.2, 0.25) is 11.6 Å². The van der Waals surface area contributed by atoms with Gasteiger partial charge in [-0.3, -0.25) is 9.59 Å². The van der Waals surface area contributed by atoms with Gasteiger partial charge in [0.15, 0.2) is 0 Å². The molecule has 6 rings (SSSR count). The molecule has 1 aliphatic carbocycles. The van der Waals surface area contributed by atoms with E-state index < -0.39 is 11.6 Å². The van der Waals surface area contributed by atoms with Crippen LogP contribution in [-0.4, -0.2) is 11.6 Å². The summed E-state index contributed by atoms with van der Waals surface area (Å²) in [5, 5.41) is 1.19. The van der Waals surface area contributed by atoms with Gasteiger partial charge in [0.25, 0.3) is 0 Å². The molecule has 1 aliphatic rings. The standard InChI is InChI=1S/C33H26O3S/c1-20-31(27-11-6-7-14-29(27)36-20)26-13-8-12-25(26)28-19-30(37-21(28)2)22-15-17-24(18-16-22)33(35)32(34)23-9-4-3-5-10-23/h3-7,9-11,14-19H,8,12-13H2,1-2H3. The van der Waals surface area contributed by atoms with Gasteiger partial charge in [-0.2, -0.15) is 0 Å². The van der Waals surface area contributed by atoms with Crippen molar-refractivity contribution in [2.75, 3.05) is 0 Å². The third-order valence-corrected chi connectivity index (χ3v) is 8.31. The number of hydrogen-bond donors (Lipinski definition) is 0. The van der Waals surface area contributed by atoms with Gasteiger partial charge in [-0.25, -0.2) is 0 Å². The maximum Gasteiger partial charge on any atom is 0.233 e. The number of allylic oxidation sites excluding steroid dienone is 2. The average molecular weight is 503 g/mol. The second kappa shape index (κ2) is 9.45. The number of ketones is 2. The Bertz CT molecular complexity index is 1680. The Morgan fingerprint density at radius 2 is 1.41 bits per heavy atom. The number of carbonyl (C=O) groups is 2. The van der Waals surface area contributed by atoms with Crippen LogP contribution in [0, 0.1) is 13.8 Å². The van der Waals surface area contributed by atoms with E-state index in [9.17, 15) is 9.59 Å². The minimum atomic E-state index is -0.482. The summed E-state index contributed by atoms with van der Waals surface area (Å²) in [6.07, 6.45) is 3.25. The second-order valence-corrected chi connectivity index (χ2v) is 10.8. The minimum absolute atomic E-state index is 0.411. The number of Topliss-reactive ketones (excluding diaryl/α,β-unsaturated/α-hetero) is 2. The second-order valence-electron chi connectivity index (χ2n) is 9.52. The summed E-state index contributed by atoms with van der Waals surface area (Å²) in [5.41, 5.74) is 8.18. The predicted molar refractivity (Wildman–Crippen MR) is 151 cm³/mol. The van der Waals surface area contributed by atoms with Gasteiger partial charge in [-0.05, 0) is 67.5 Å². The van der Waals surface area contributed by atoms with Crippen molar-refractivity contribution in [3.05, 3.63) is 118 Å². The topological polar surface area (TPSA) is 47.3 Å². The Hall–Kier alpha value is -4.02. The fourth-order valence-corrected chi connectivity index (χ4v) is 6.47. The van der Waals surface area contributed by atoms with Gasteiger partial charge < -0.3 is 4.42 Å². The van der Waals surface area contributed by atoms with Gasteiger partial charge in [0.1, 0.15) is 11.3 Å². The van der Waals surface area contributed by atoms with Crippen LogP contribution in [0.1, 0.15) is 61.7 Å². The van der Waals surface area contributed by atoms with E-state index in [1.807, 2.05) is 30.3 Å². The van der Waals surface area contributed by atoms with E-state index in [-0.39, 0.29) is 0 Å². The first-order valence-corrected chi connectivity index (χ1v) is 13.4. The van der Waals surface area contributed by atoms with E-state index in [0.29, 0.717) is 11.1 Å². The van der Waals surface area contributed by atoms with Crippen LogP contribution in [0.2, 0.25) is 0 Å². The highest BCUT2D eigenvalue weighted by Crippen LogP contribution is 2.47. The van der Waals surface area contributed by atoms with Crippen LogP contribution in [0.5, 0.6) is 0 Å². The molecule has 0 unspecified atom stereocenters. The molecule has 37 heavy (non-hydrogen) atoms. The first-order valence-electron chi connectivity index (χ1n) is 12.6. The molecule has 0 aliphatic heterocycles. The van der Waals surface area contributed by atoms with Crippen LogP contribution < -0.4 is 0 Å². The lowest BCUT2D eigenvalue weighted by atomic mass is 9.95. The molecule has 2 heterocycles. The molecule has 0 amide bonds. The molecule has 5 aromatic rings. The number of para-hydroxylation sites is 1. The number of benzene rings is 3. The lowest BCUT2D eigenvalue weighted by Crippen LogP contribution is -2.14. The summed E-state index contributed by atoms with van der Waals surface area (Å²) in [6, 6.07) is 26.7. The first kappa shape index (κ1) is 23.4. The van der Waals surface area contributed by atoms with Crippen LogP contribution in [0.3, 0.4) is 0 Å². The van der Waals surface area contributed by atoms with Gasteiger partial charge >= 0.3 is 0 Å². The molecule has 0 radical (unpaired) electrons. The molecule has 0 fully saturated rings. The summed E-state index contributed by atoms with van der Waals surface area (Å²) in [7, 11) is 0. The van der Waals surface area contributed by atoms with Crippen LogP contribution in [0.15, 0.2) is 89.3 Å². The molecule has 0 bridgehead atoms. The zero-order chi connectivity index (χ0) is 25.5. The molecular formula is C33H26O3S. The summed E-state index contributed by atoms with van der Waals surface area (Å²) >= 11 is 1.77. The molecule has 2 aromatic heterocycles. The number of hydrogen-bond acceptors (Lipinski definition) is 4. The molecule has 4 heteroatoms. The van der Waals surface area contributed by atoms with E-state index in [1.165, 1.54) is 32.5 Å². The zero-order valence-electron chi connectivity index (χ0n) is 20.8. The highest BCUT2D eigenvalue weighted by atomic mass is 32.1. The number of aryl methyl sites for hydroxylation is 2. The van der Waals surface area contributed by atoms with Crippen molar-refractivity contribution in [3.8, 4) is 10.4 Å². The van der Waals surface area contributed by atoms with Gasteiger partial charge in [-0.1, -0.05) is 72.8 Å². The van der Waals surface area contributed by atoms with E-state index in [0.717, 1.165) is 41.0 Å². The number of furan rings is 1. The summed E-state index contributed by atoms with van der Waals surface area (Å²) in [5.74, 6) is 0.0173. The fraction of sp³-hybridized carbons (Fsp3) is 0.152. The van der Waals surface area contributed by atoms with E-state index in [4.69, 9.17) is 4.42 Å².